The van der Waals surface area contributed by atoms with Crippen LogP contribution in [0.2, 0.25) is 0 Å². The van der Waals surface area contributed by atoms with Crippen LogP contribution in [0.3, 0.4) is 0 Å². The van der Waals surface area contributed by atoms with Crippen molar-refractivity contribution in [2.24, 2.45) is 5.16 Å². The summed E-state index contributed by atoms with van der Waals surface area (Å²) in [6.45, 7) is 1.86. The van der Waals surface area contributed by atoms with Crippen molar-refractivity contribution in [3.63, 3.8) is 0 Å². The molecule has 0 aliphatic rings. The standard InChI is InChI=1S/C9H17N4O.CO2.BF3.FH/c1-6-8(7-10)11-14-9(12(2)3)13(4)5;2-1-3;2-1(3)4;/h6H2,1-5H3;;;1H/q+1;;;/p-1/b11-8-;;;. The van der Waals surface area contributed by atoms with Crippen LogP contribution in [0.4, 0.5) is 12.9 Å². The third kappa shape index (κ3) is 22.7. The first-order valence-electron chi connectivity index (χ1n) is 5.44. The molecular formula is C10H17BF4N4O3. The molecule has 0 aromatic heterocycles. The SMILES string of the molecule is CC/C(C#N)=N/OC(N(C)C)=[N+](C)C.FB(F)F.O=C=O.[F-]. The van der Waals surface area contributed by atoms with Crippen molar-refractivity contribution in [2.75, 3.05) is 28.2 Å². The molecule has 0 atom stereocenters. The Hall–Kier alpha value is -2.41. The van der Waals surface area contributed by atoms with Gasteiger partial charge in [0.1, 0.15) is 6.07 Å². The molecule has 0 bridgehead atoms. The number of carbonyl (C=O) groups excluding carboxylic acids is 2. The zero-order chi connectivity index (χ0) is 17.4. The van der Waals surface area contributed by atoms with Gasteiger partial charge >= 0.3 is 19.7 Å². The van der Waals surface area contributed by atoms with Gasteiger partial charge in [0.2, 0.25) is 0 Å². The predicted molar refractivity (Wildman–Crippen MR) is 69.3 cm³/mol. The highest BCUT2D eigenvalue weighted by atomic mass is 19.4. The van der Waals surface area contributed by atoms with Crippen molar-refractivity contribution < 1.29 is 36.7 Å². The molecule has 0 rings (SSSR count). The number of nitrogens with zero attached hydrogens (tertiary/aromatic N) is 4. The van der Waals surface area contributed by atoms with E-state index in [1.54, 1.807) is 9.48 Å². The Kier molecular flexibility index (Phi) is 23.5. The third-order valence-electron chi connectivity index (χ3n) is 1.47. The molecule has 0 fully saturated rings. The summed E-state index contributed by atoms with van der Waals surface area (Å²) in [5.41, 5.74) is 0.381. The van der Waals surface area contributed by atoms with Crippen molar-refractivity contribution in [3.05, 3.63) is 0 Å². The van der Waals surface area contributed by atoms with E-state index in [1.165, 1.54) is 0 Å². The van der Waals surface area contributed by atoms with Gasteiger partial charge in [-0.25, -0.2) is 9.48 Å². The Morgan fingerprint density at radius 2 is 1.68 bits per heavy atom. The molecule has 0 unspecified atom stereocenters. The van der Waals surface area contributed by atoms with Gasteiger partial charge in [0.25, 0.3) is 0 Å². The highest BCUT2D eigenvalue weighted by Crippen LogP contribution is 1.91. The van der Waals surface area contributed by atoms with Crippen molar-refractivity contribution in [1.29, 1.82) is 5.26 Å². The molecule has 0 aliphatic carbocycles. The average Bonchev–Trinajstić information content (AvgIpc) is 2.34. The first-order valence-corrected chi connectivity index (χ1v) is 5.44. The van der Waals surface area contributed by atoms with Crippen molar-refractivity contribution in [3.8, 4) is 6.07 Å². The lowest BCUT2D eigenvalue weighted by Crippen LogP contribution is -3.00. The highest BCUT2D eigenvalue weighted by molar-refractivity contribution is 6.33. The topological polar surface area (TPSA) is 85.8 Å². The van der Waals surface area contributed by atoms with Crippen molar-refractivity contribution >= 4 is 25.4 Å². The summed E-state index contributed by atoms with van der Waals surface area (Å²) in [5, 5.41) is 12.4. The average molecular weight is 328 g/mol. The molecule has 126 valence electrons. The second kappa shape index (κ2) is 18.6. The molecular weight excluding hydrogens is 311 g/mol. The Balaban J connectivity index is -0.000000171. The number of rotatable bonds is 2. The summed E-state index contributed by atoms with van der Waals surface area (Å²) in [7, 11) is 3.73. The van der Waals surface area contributed by atoms with Crippen molar-refractivity contribution in [2.45, 2.75) is 13.3 Å². The largest absolute Gasteiger partial charge is 1.00 e. The molecule has 0 spiro atoms. The van der Waals surface area contributed by atoms with E-state index in [-0.39, 0.29) is 10.9 Å². The zero-order valence-corrected chi connectivity index (χ0v) is 12.8. The van der Waals surface area contributed by atoms with E-state index in [1.807, 2.05) is 41.2 Å². The van der Waals surface area contributed by atoms with Gasteiger partial charge in [-0.3, -0.25) is 17.8 Å². The van der Waals surface area contributed by atoms with Gasteiger partial charge in [0, 0.05) is 6.42 Å². The second-order valence-electron chi connectivity index (χ2n) is 3.50. The fourth-order valence-corrected chi connectivity index (χ4v) is 0.823. The van der Waals surface area contributed by atoms with Crippen LogP contribution in [-0.4, -0.2) is 63.1 Å². The van der Waals surface area contributed by atoms with Gasteiger partial charge < -0.3 is 4.70 Å². The van der Waals surface area contributed by atoms with E-state index in [2.05, 4.69) is 5.16 Å². The minimum Gasteiger partial charge on any atom is -1.00 e. The van der Waals surface area contributed by atoms with Crippen LogP contribution in [0.5, 0.6) is 0 Å². The van der Waals surface area contributed by atoms with Crippen LogP contribution in [0, 0.1) is 11.3 Å². The molecule has 0 saturated carbocycles. The Bertz CT molecular complexity index is 412. The lowest BCUT2D eigenvalue weighted by atomic mass is 10.3. The number of halogens is 4. The van der Waals surface area contributed by atoms with E-state index >= 15 is 0 Å². The summed E-state index contributed by atoms with van der Waals surface area (Å²) in [6.07, 6.45) is 0.824. The van der Waals surface area contributed by atoms with E-state index in [9.17, 15) is 12.9 Å². The molecule has 22 heavy (non-hydrogen) atoms. The highest BCUT2D eigenvalue weighted by Gasteiger charge is 2.13. The number of oxime groups is 1. The lowest BCUT2D eigenvalue weighted by Gasteiger charge is -2.07. The van der Waals surface area contributed by atoms with Crippen LogP contribution < -0.4 is 4.70 Å². The van der Waals surface area contributed by atoms with Crippen LogP contribution in [0.1, 0.15) is 13.3 Å². The molecule has 0 aromatic carbocycles. The molecule has 0 N–H and O–H groups in total. The summed E-state index contributed by atoms with van der Waals surface area (Å²) in [5.74, 6) is 0. The van der Waals surface area contributed by atoms with Crippen LogP contribution in [-0.2, 0) is 14.4 Å². The number of hydrogen-bond donors (Lipinski definition) is 0. The number of amidine groups is 1. The van der Waals surface area contributed by atoms with Gasteiger partial charge in [-0.05, 0) is 0 Å². The van der Waals surface area contributed by atoms with Crippen LogP contribution in [0.15, 0.2) is 5.16 Å². The van der Waals surface area contributed by atoms with Gasteiger partial charge in [-0.15, -0.1) is 0 Å². The molecule has 0 saturated heterocycles. The molecule has 12 heteroatoms. The molecule has 7 nitrogen and oxygen atoms in total. The maximum Gasteiger partial charge on any atom is 0.762 e. The Morgan fingerprint density at radius 3 is 1.86 bits per heavy atom. The van der Waals surface area contributed by atoms with Crippen LogP contribution >= 0.6 is 0 Å². The quantitative estimate of drug-likeness (QED) is 0.143. The lowest BCUT2D eigenvalue weighted by molar-refractivity contribution is -0.480. The zero-order valence-electron chi connectivity index (χ0n) is 12.8. The first kappa shape index (κ1) is 27.9. The Morgan fingerprint density at radius 1 is 1.32 bits per heavy atom. The minimum atomic E-state index is -3.67. The maximum absolute atomic E-state index is 9.67. The number of nitriles is 1. The fraction of sp³-hybridized carbons (Fsp3) is 0.600. The molecule has 0 aromatic rings. The van der Waals surface area contributed by atoms with Gasteiger partial charge in [-0.1, -0.05) is 12.1 Å². The van der Waals surface area contributed by atoms with E-state index in [4.69, 9.17) is 19.7 Å². The van der Waals surface area contributed by atoms with Gasteiger partial charge in [-0.2, -0.15) is 14.9 Å². The van der Waals surface area contributed by atoms with E-state index < -0.39 is 7.54 Å². The maximum atomic E-state index is 9.67. The normalized spacial score (nSPS) is 8.23. The number of hydrogen-bond acceptors (Lipinski definition) is 5. The monoisotopic (exact) mass is 328 g/mol. The molecule has 0 aliphatic heterocycles. The molecule has 0 heterocycles. The minimum absolute atomic E-state index is 0. The molecule has 0 radical (unpaired) electrons. The van der Waals surface area contributed by atoms with E-state index in [0.717, 1.165) is 0 Å². The smallest absolute Gasteiger partial charge is 0.762 e. The molecule has 0 amide bonds. The predicted octanol–water partition coefficient (Wildman–Crippen LogP) is -2.22. The van der Waals surface area contributed by atoms with Crippen LogP contribution in [0.25, 0.3) is 0 Å². The first-order chi connectivity index (χ1) is 9.67. The third-order valence-corrected chi connectivity index (χ3v) is 1.47. The van der Waals surface area contributed by atoms with Gasteiger partial charge in [0.15, 0.2) is 5.71 Å². The fourth-order valence-electron chi connectivity index (χ4n) is 0.823. The summed E-state index contributed by atoms with van der Waals surface area (Å²) in [4.78, 5) is 23.2. The van der Waals surface area contributed by atoms with Gasteiger partial charge in [0.05, 0.1) is 28.2 Å². The summed E-state index contributed by atoms with van der Waals surface area (Å²) >= 11 is 0. The van der Waals surface area contributed by atoms with Crippen molar-refractivity contribution in [1.82, 2.24) is 4.90 Å². The second-order valence-corrected chi connectivity index (χ2v) is 3.50. The summed E-state index contributed by atoms with van der Waals surface area (Å²) in [6, 6.07) is 2.55. The Labute approximate surface area is 126 Å². The summed E-state index contributed by atoms with van der Waals surface area (Å²) < 4.78 is 30.8. The van der Waals surface area contributed by atoms with E-state index in [0.29, 0.717) is 18.2 Å².